The smallest absolute Gasteiger partial charge is 0.308 e. The first kappa shape index (κ1) is 73.6. The first-order valence-electron chi connectivity index (χ1n) is 31.2. The van der Waals surface area contributed by atoms with Crippen LogP contribution in [0.15, 0.2) is 109 Å². The molecule has 4 heterocycles. The summed E-state index contributed by atoms with van der Waals surface area (Å²) in [6, 6.07) is 5.79. The number of likely N-dealkylation sites (tertiary alicyclic amines) is 1. The summed E-state index contributed by atoms with van der Waals surface area (Å²) < 4.78 is 24.4. The normalized spacial score (nSPS) is 34.4. The predicted octanol–water partition coefficient (Wildman–Crippen LogP) is 3.26. The third kappa shape index (κ3) is 25.6. The topological polar surface area (TPSA) is 361 Å². The number of carbonyl (C=O) groups excluding carboxylic acids is 4. The summed E-state index contributed by atoms with van der Waals surface area (Å²) in [5.41, 5.74) is 7.48. The standard InChI is InChI=1S/C66H100N4O18/c1-42-20-16-13-11-9-7-5-6-8-10-12-14-17-21-54(86-65-62(82)60(67)61(81)44(3)85-65)39-57-59(64(83)69-28-31-70-29-18-15-19-30-70)56(79)41-66(84,88-57)40-53(77)36-51(75)34-49(73)32-48(72)33-50(74)35-52(76)38-58(80)87-63(42)43(2)22-27-47(71)37-55(78)45-23-25-46(68-4)26-24-45/h5-14,16-17,20-21,23-26,42-44,47-49,51-54,56-57,59-63,65,68,71-73,75-77,79,81-82,84H,15,18-19,22,27-41,67H2,1-4H3,(H,69,83). The molecule has 5 rings (SSSR count). The van der Waals surface area contributed by atoms with E-state index in [1.165, 1.54) is 0 Å². The van der Waals surface area contributed by atoms with Crippen LogP contribution >= 0.6 is 0 Å². The van der Waals surface area contributed by atoms with E-state index in [1.807, 2.05) is 38.2 Å². The van der Waals surface area contributed by atoms with Crippen molar-refractivity contribution in [2.24, 2.45) is 23.5 Å². The van der Waals surface area contributed by atoms with E-state index in [-0.39, 0.29) is 56.3 Å². The Morgan fingerprint density at radius 2 is 1.31 bits per heavy atom. The summed E-state index contributed by atoms with van der Waals surface area (Å²) in [4.78, 5) is 55.8. The van der Waals surface area contributed by atoms with Crippen LogP contribution in [0.1, 0.15) is 127 Å². The van der Waals surface area contributed by atoms with Gasteiger partial charge in [-0.05, 0) is 95.1 Å². The number of nitrogens with zero attached hydrogens (tertiary/aromatic N) is 1. The average Bonchev–Trinajstić information content (AvgIpc) is 0.946. The molecule has 22 heteroatoms. The molecule has 0 aliphatic carbocycles. The monoisotopic (exact) mass is 1240 g/mol. The van der Waals surface area contributed by atoms with Crippen LogP contribution in [0.5, 0.6) is 0 Å². The molecule has 22 nitrogen and oxygen atoms in total. The van der Waals surface area contributed by atoms with Crippen molar-refractivity contribution < 1.29 is 89.2 Å². The van der Waals surface area contributed by atoms with Crippen molar-refractivity contribution in [1.29, 1.82) is 0 Å². The van der Waals surface area contributed by atoms with E-state index in [9.17, 15) is 70.2 Å². The minimum Gasteiger partial charge on any atom is -0.461 e. The summed E-state index contributed by atoms with van der Waals surface area (Å²) in [5.74, 6) is -6.39. The van der Waals surface area contributed by atoms with Gasteiger partial charge in [0.05, 0.1) is 85.5 Å². The quantitative estimate of drug-likeness (QED) is 0.0939. The second-order valence-electron chi connectivity index (χ2n) is 24.3. The lowest BCUT2D eigenvalue weighted by Crippen LogP contribution is -2.62. The third-order valence-corrected chi connectivity index (χ3v) is 16.6. The van der Waals surface area contributed by atoms with Gasteiger partial charge in [-0.1, -0.05) is 105 Å². The lowest BCUT2D eigenvalue weighted by molar-refractivity contribution is -0.307. The summed E-state index contributed by atoms with van der Waals surface area (Å²) in [6.45, 7) is 7.91. The van der Waals surface area contributed by atoms with Gasteiger partial charge in [0.1, 0.15) is 18.0 Å². The highest BCUT2D eigenvalue weighted by Gasteiger charge is 2.51. The van der Waals surface area contributed by atoms with Gasteiger partial charge in [-0.3, -0.25) is 19.2 Å². The van der Waals surface area contributed by atoms with Crippen molar-refractivity contribution >= 4 is 29.1 Å². The summed E-state index contributed by atoms with van der Waals surface area (Å²) in [7, 11) is 1.77. The molecule has 1 aromatic carbocycles. The Morgan fingerprint density at radius 3 is 1.93 bits per heavy atom. The van der Waals surface area contributed by atoms with Gasteiger partial charge in [-0.15, -0.1) is 0 Å². The molecule has 1 aromatic rings. The van der Waals surface area contributed by atoms with Crippen molar-refractivity contribution in [3.05, 3.63) is 115 Å². The summed E-state index contributed by atoms with van der Waals surface area (Å²) in [6.07, 6.45) is 6.78. The maximum atomic E-state index is 14.1. The Morgan fingerprint density at radius 1 is 0.727 bits per heavy atom. The number of aliphatic hydroxyl groups is 10. The number of esters is 1. The number of nitrogens with one attached hydrogen (secondary N) is 2. The Labute approximate surface area is 518 Å². The lowest BCUT2D eigenvalue weighted by Gasteiger charge is -2.46. The van der Waals surface area contributed by atoms with Crippen LogP contribution in [0.4, 0.5) is 5.69 Å². The van der Waals surface area contributed by atoms with Crippen LogP contribution in [0, 0.1) is 17.8 Å². The molecular weight excluding hydrogens is 1140 g/mol. The minimum absolute atomic E-state index is 0.101. The number of hydrogen-bond donors (Lipinski definition) is 13. The van der Waals surface area contributed by atoms with E-state index in [0.717, 1.165) is 38.0 Å². The first-order chi connectivity index (χ1) is 41.9. The van der Waals surface area contributed by atoms with Gasteiger partial charge in [-0.2, -0.15) is 0 Å². The number of nitrogens with two attached hydrogens (primary N) is 1. The zero-order chi connectivity index (χ0) is 64.3. The number of cyclic esters (lactones) is 1. The highest BCUT2D eigenvalue weighted by molar-refractivity contribution is 5.96. The second kappa shape index (κ2) is 37.9. The number of benzene rings is 1. The maximum Gasteiger partial charge on any atom is 0.308 e. The van der Waals surface area contributed by atoms with Gasteiger partial charge in [0.2, 0.25) is 5.91 Å². The molecule has 19 unspecified atom stereocenters. The molecule has 1 amide bonds. The predicted molar refractivity (Wildman–Crippen MR) is 331 cm³/mol. The molecule has 3 saturated heterocycles. The molecule has 0 spiro atoms. The van der Waals surface area contributed by atoms with E-state index >= 15 is 0 Å². The Balaban J connectivity index is 1.35. The minimum atomic E-state index is -2.27. The number of ether oxygens (including phenoxy) is 4. The van der Waals surface area contributed by atoms with Gasteiger partial charge in [0.25, 0.3) is 0 Å². The number of fused-ring (bicyclic) bond motifs is 2. The van der Waals surface area contributed by atoms with E-state index in [2.05, 4.69) is 15.5 Å². The van der Waals surface area contributed by atoms with Crippen LogP contribution < -0.4 is 16.4 Å². The number of rotatable bonds is 14. The summed E-state index contributed by atoms with van der Waals surface area (Å²) >= 11 is 0. The largest absolute Gasteiger partial charge is 0.461 e. The van der Waals surface area contributed by atoms with Crippen LogP contribution in [0.3, 0.4) is 0 Å². The fourth-order valence-electron chi connectivity index (χ4n) is 11.7. The van der Waals surface area contributed by atoms with Gasteiger partial charge in [0.15, 0.2) is 17.9 Å². The maximum absolute atomic E-state index is 14.1. The number of allylic oxidation sites excluding steroid dienone is 12. The van der Waals surface area contributed by atoms with Crippen LogP contribution in [-0.2, 0) is 33.3 Å². The molecule has 4 aliphatic heterocycles. The zero-order valence-electron chi connectivity index (χ0n) is 51.5. The van der Waals surface area contributed by atoms with E-state index in [0.29, 0.717) is 18.5 Å². The Bertz CT molecular complexity index is 2500. The molecule has 0 saturated carbocycles. The number of amides is 1. The molecule has 3 fully saturated rings. The van der Waals surface area contributed by atoms with Gasteiger partial charge in [0, 0.05) is 75.8 Å². The molecule has 2 bridgehead atoms. The van der Waals surface area contributed by atoms with Crippen LogP contribution in [0.2, 0.25) is 0 Å². The SMILES string of the molecule is CNc1ccc(C(=O)CC(O)CCC(C)C2OC(=O)CC(O)CC(=O)CC(O)CC(O)CC(O)CC(O)CC3(O)CC(O)C(C(=O)NCCN4CCCCC4)C(CC(OC4OC(C)C(O)C(N)C4O)C=CC=CC=CC=CC=CC=CC=CC2C)O3)cc1. The lowest BCUT2D eigenvalue weighted by atomic mass is 9.82. The zero-order valence-corrected chi connectivity index (χ0v) is 51.5. The highest BCUT2D eigenvalue weighted by Crippen LogP contribution is 2.38. The molecule has 88 heavy (non-hydrogen) atoms. The number of anilines is 1. The molecule has 492 valence electrons. The van der Waals surface area contributed by atoms with E-state index in [1.54, 1.807) is 99.0 Å². The number of hydrogen-bond acceptors (Lipinski definition) is 21. The molecule has 0 aromatic heterocycles. The van der Waals surface area contributed by atoms with Crippen molar-refractivity contribution in [2.45, 2.75) is 215 Å². The average molecular weight is 1240 g/mol. The van der Waals surface area contributed by atoms with Crippen LogP contribution in [-0.4, -0.2) is 210 Å². The second-order valence-corrected chi connectivity index (χ2v) is 24.3. The first-order valence-corrected chi connectivity index (χ1v) is 31.2. The molecule has 19 atom stereocenters. The molecule has 14 N–H and O–H groups in total. The van der Waals surface area contributed by atoms with Crippen molar-refractivity contribution in [3.8, 4) is 0 Å². The van der Waals surface area contributed by atoms with Crippen LogP contribution in [0.25, 0.3) is 0 Å². The van der Waals surface area contributed by atoms with Gasteiger partial charge >= 0.3 is 5.97 Å². The fraction of sp³-hybridized carbons (Fsp3) is 0.636. The molecular formula is C66H100N4O18. The number of Topliss-reactive ketones (excluding diaryl/α,β-unsaturated/α-hetero) is 2. The van der Waals surface area contributed by atoms with Crippen molar-refractivity contribution in [3.63, 3.8) is 0 Å². The van der Waals surface area contributed by atoms with E-state index < -0.39 is 160 Å². The Hall–Kier alpha value is -5.12. The number of piperidine rings is 1. The number of carbonyl (C=O) groups is 4. The highest BCUT2D eigenvalue weighted by atomic mass is 16.7. The van der Waals surface area contributed by atoms with Gasteiger partial charge < -0.3 is 91.3 Å². The van der Waals surface area contributed by atoms with Crippen molar-refractivity contribution in [2.75, 3.05) is 38.5 Å². The molecule has 4 aliphatic rings. The molecule has 0 radical (unpaired) electrons. The fourth-order valence-corrected chi connectivity index (χ4v) is 11.7. The van der Waals surface area contributed by atoms with E-state index in [4.69, 9.17) is 24.7 Å². The third-order valence-electron chi connectivity index (χ3n) is 16.6. The van der Waals surface area contributed by atoms with Gasteiger partial charge in [-0.25, -0.2) is 0 Å². The number of aliphatic hydroxyl groups excluding tert-OH is 9. The summed E-state index contributed by atoms with van der Waals surface area (Å²) in [5, 5.41) is 117. The van der Waals surface area contributed by atoms with Crippen molar-refractivity contribution in [1.82, 2.24) is 10.2 Å². The Kier molecular flexibility index (Phi) is 31.7. The number of ketones is 2.